The lowest BCUT2D eigenvalue weighted by atomic mass is 9.98. The van der Waals surface area contributed by atoms with E-state index < -0.39 is 15.9 Å². The summed E-state index contributed by atoms with van der Waals surface area (Å²) in [5.74, 6) is -0.413. The van der Waals surface area contributed by atoms with E-state index in [1.54, 1.807) is 54.6 Å². The van der Waals surface area contributed by atoms with Gasteiger partial charge in [-0.2, -0.15) is 4.31 Å². The Hall–Kier alpha value is -2.91. The molecule has 3 rings (SSSR count). The number of amides is 2. The summed E-state index contributed by atoms with van der Waals surface area (Å²) < 4.78 is 32.5. The third kappa shape index (κ3) is 7.04. The SMILES string of the molecule is CCCCCCOc1ccc(C(=O)NNC(=O)C2CCN(S(=O)(=O)c3ccccc3)CC2)cc1. The first-order chi connectivity index (χ1) is 16.4. The van der Waals surface area contributed by atoms with Crippen molar-refractivity contribution in [2.45, 2.75) is 50.3 Å². The number of carbonyl (C=O) groups is 2. The lowest BCUT2D eigenvalue weighted by Crippen LogP contribution is -2.48. The normalized spacial score (nSPS) is 15.0. The fourth-order valence-corrected chi connectivity index (χ4v) is 5.30. The molecule has 184 valence electrons. The van der Waals surface area contributed by atoms with Gasteiger partial charge in [0.2, 0.25) is 15.9 Å². The van der Waals surface area contributed by atoms with Crippen molar-refractivity contribution in [3.05, 3.63) is 60.2 Å². The Morgan fingerprint density at radius 3 is 2.26 bits per heavy atom. The van der Waals surface area contributed by atoms with Gasteiger partial charge in [-0.1, -0.05) is 44.4 Å². The highest BCUT2D eigenvalue weighted by Crippen LogP contribution is 2.23. The fourth-order valence-electron chi connectivity index (χ4n) is 3.81. The van der Waals surface area contributed by atoms with Gasteiger partial charge in [-0.25, -0.2) is 8.42 Å². The van der Waals surface area contributed by atoms with E-state index in [4.69, 9.17) is 4.74 Å². The smallest absolute Gasteiger partial charge is 0.269 e. The number of hydrazine groups is 1. The second kappa shape index (κ2) is 12.5. The van der Waals surface area contributed by atoms with Crippen LogP contribution in [-0.2, 0) is 14.8 Å². The van der Waals surface area contributed by atoms with Gasteiger partial charge in [0.1, 0.15) is 5.75 Å². The zero-order valence-electron chi connectivity index (χ0n) is 19.5. The van der Waals surface area contributed by atoms with Crippen molar-refractivity contribution >= 4 is 21.8 Å². The van der Waals surface area contributed by atoms with Gasteiger partial charge in [-0.05, 0) is 55.7 Å². The highest BCUT2D eigenvalue weighted by Gasteiger charge is 2.32. The summed E-state index contributed by atoms with van der Waals surface area (Å²) >= 11 is 0. The zero-order chi connectivity index (χ0) is 24.4. The van der Waals surface area contributed by atoms with E-state index in [-0.39, 0.29) is 29.8 Å². The van der Waals surface area contributed by atoms with Crippen LogP contribution in [0.5, 0.6) is 5.75 Å². The number of carbonyl (C=O) groups excluding carboxylic acids is 2. The molecule has 2 aromatic rings. The molecule has 2 N–H and O–H groups in total. The summed E-state index contributed by atoms with van der Waals surface area (Å²) in [5, 5.41) is 0. The lowest BCUT2D eigenvalue weighted by Gasteiger charge is -2.30. The molecule has 0 unspecified atom stereocenters. The fraction of sp³-hybridized carbons (Fsp3) is 0.440. The van der Waals surface area contributed by atoms with Crippen molar-refractivity contribution < 1.29 is 22.7 Å². The Bertz CT molecular complexity index is 1030. The van der Waals surface area contributed by atoms with Gasteiger partial charge < -0.3 is 4.74 Å². The van der Waals surface area contributed by atoms with E-state index >= 15 is 0 Å². The standard InChI is InChI=1S/C25H33N3O5S/c1-2-3-4-8-19-33-22-13-11-20(12-14-22)24(29)26-27-25(30)21-15-17-28(18-16-21)34(31,32)23-9-6-5-7-10-23/h5-7,9-14,21H,2-4,8,15-19H2,1H3,(H,26,29)(H,27,30). The number of nitrogens with one attached hydrogen (secondary N) is 2. The molecule has 0 aliphatic carbocycles. The molecule has 9 heteroatoms. The van der Waals surface area contributed by atoms with Gasteiger partial charge in [-0.3, -0.25) is 20.4 Å². The summed E-state index contributed by atoms with van der Waals surface area (Å²) in [6.07, 6.45) is 5.28. The number of hydrogen-bond donors (Lipinski definition) is 2. The number of ether oxygens (including phenoxy) is 1. The third-order valence-corrected chi connectivity index (χ3v) is 7.80. The molecule has 2 amide bonds. The number of sulfonamides is 1. The summed E-state index contributed by atoms with van der Waals surface area (Å²) in [6, 6.07) is 15.0. The molecular formula is C25H33N3O5S. The van der Waals surface area contributed by atoms with Crippen molar-refractivity contribution in [2.24, 2.45) is 5.92 Å². The minimum atomic E-state index is -3.57. The number of benzene rings is 2. The number of rotatable bonds is 10. The Labute approximate surface area is 201 Å². The van der Waals surface area contributed by atoms with Crippen molar-refractivity contribution in [3.8, 4) is 5.75 Å². The van der Waals surface area contributed by atoms with Gasteiger partial charge in [-0.15, -0.1) is 0 Å². The third-order valence-electron chi connectivity index (χ3n) is 5.89. The average Bonchev–Trinajstić information content (AvgIpc) is 2.88. The maximum absolute atomic E-state index is 12.7. The minimum absolute atomic E-state index is 0.248. The Balaban J connectivity index is 1.41. The highest BCUT2D eigenvalue weighted by molar-refractivity contribution is 7.89. The maximum Gasteiger partial charge on any atom is 0.269 e. The van der Waals surface area contributed by atoms with Crippen LogP contribution in [-0.4, -0.2) is 44.2 Å². The Morgan fingerprint density at radius 1 is 0.941 bits per heavy atom. The lowest BCUT2D eigenvalue weighted by molar-refractivity contribution is -0.126. The zero-order valence-corrected chi connectivity index (χ0v) is 20.4. The summed E-state index contributed by atoms with van der Waals surface area (Å²) in [4.78, 5) is 25.1. The maximum atomic E-state index is 12.7. The molecule has 1 aliphatic rings. The largest absolute Gasteiger partial charge is 0.494 e. The van der Waals surface area contributed by atoms with Crippen molar-refractivity contribution in [1.82, 2.24) is 15.2 Å². The molecule has 0 radical (unpaired) electrons. The van der Waals surface area contributed by atoms with E-state index in [1.165, 1.54) is 17.1 Å². The molecule has 1 saturated heterocycles. The van der Waals surface area contributed by atoms with E-state index in [0.717, 1.165) is 12.8 Å². The quantitative estimate of drug-likeness (QED) is 0.394. The predicted molar refractivity (Wildman–Crippen MR) is 130 cm³/mol. The van der Waals surface area contributed by atoms with Gasteiger partial charge >= 0.3 is 0 Å². The Morgan fingerprint density at radius 2 is 1.62 bits per heavy atom. The first kappa shape index (κ1) is 25.7. The molecule has 1 heterocycles. The molecule has 34 heavy (non-hydrogen) atoms. The number of hydrogen-bond acceptors (Lipinski definition) is 5. The molecule has 0 saturated carbocycles. The second-order valence-corrected chi connectivity index (χ2v) is 10.3. The number of nitrogens with zero attached hydrogens (tertiary/aromatic N) is 1. The van der Waals surface area contributed by atoms with Crippen molar-refractivity contribution in [3.63, 3.8) is 0 Å². The second-order valence-electron chi connectivity index (χ2n) is 8.37. The molecule has 0 spiro atoms. The van der Waals surface area contributed by atoms with E-state index in [9.17, 15) is 18.0 Å². The molecule has 1 fully saturated rings. The summed E-state index contributed by atoms with van der Waals surface area (Å²) in [7, 11) is -3.57. The minimum Gasteiger partial charge on any atom is -0.494 e. The number of unbranched alkanes of at least 4 members (excludes halogenated alkanes) is 3. The van der Waals surface area contributed by atoms with Crippen LogP contribution in [0.3, 0.4) is 0 Å². The molecule has 1 aliphatic heterocycles. The first-order valence-electron chi connectivity index (χ1n) is 11.8. The molecule has 0 aromatic heterocycles. The van der Waals surface area contributed by atoms with Crippen LogP contribution in [0.4, 0.5) is 0 Å². The average molecular weight is 488 g/mol. The van der Waals surface area contributed by atoms with E-state index in [1.807, 2.05) is 0 Å². The van der Waals surface area contributed by atoms with Crippen molar-refractivity contribution in [2.75, 3.05) is 19.7 Å². The molecule has 0 bridgehead atoms. The topological polar surface area (TPSA) is 105 Å². The van der Waals surface area contributed by atoms with Crippen LogP contribution < -0.4 is 15.6 Å². The van der Waals surface area contributed by atoms with Crippen LogP contribution in [0.15, 0.2) is 59.5 Å². The van der Waals surface area contributed by atoms with Crippen LogP contribution in [0.2, 0.25) is 0 Å². The van der Waals surface area contributed by atoms with Gasteiger partial charge in [0, 0.05) is 24.6 Å². The van der Waals surface area contributed by atoms with Crippen LogP contribution >= 0.6 is 0 Å². The molecule has 8 nitrogen and oxygen atoms in total. The predicted octanol–water partition coefficient (Wildman–Crippen LogP) is 3.51. The van der Waals surface area contributed by atoms with Gasteiger partial charge in [0.15, 0.2) is 0 Å². The Kier molecular flexibility index (Phi) is 9.47. The number of piperidine rings is 1. The van der Waals surface area contributed by atoms with Crippen molar-refractivity contribution in [1.29, 1.82) is 0 Å². The summed E-state index contributed by atoms with van der Waals surface area (Å²) in [5.41, 5.74) is 5.31. The monoisotopic (exact) mass is 487 g/mol. The van der Waals surface area contributed by atoms with Crippen LogP contribution in [0.25, 0.3) is 0 Å². The van der Waals surface area contributed by atoms with E-state index in [0.29, 0.717) is 30.8 Å². The molecular weight excluding hydrogens is 454 g/mol. The molecule has 2 aromatic carbocycles. The van der Waals surface area contributed by atoms with E-state index in [2.05, 4.69) is 17.8 Å². The van der Waals surface area contributed by atoms with Crippen LogP contribution in [0.1, 0.15) is 55.8 Å². The van der Waals surface area contributed by atoms with Gasteiger partial charge in [0.25, 0.3) is 5.91 Å². The summed E-state index contributed by atoms with van der Waals surface area (Å²) in [6.45, 7) is 3.31. The van der Waals surface area contributed by atoms with Gasteiger partial charge in [0.05, 0.1) is 11.5 Å². The molecule has 0 atom stereocenters. The van der Waals surface area contributed by atoms with Crippen LogP contribution in [0, 0.1) is 5.92 Å². The first-order valence-corrected chi connectivity index (χ1v) is 13.2. The highest BCUT2D eigenvalue weighted by atomic mass is 32.2.